The molecule has 9 nitrogen and oxygen atoms in total. The lowest BCUT2D eigenvalue weighted by molar-refractivity contribution is -0.385. The van der Waals surface area contributed by atoms with Crippen molar-refractivity contribution in [3.05, 3.63) is 16.4 Å². The van der Waals surface area contributed by atoms with E-state index in [-0.39, 0.29) is 17.6 Å². The fourth-order valence-electron chi connectivity index (χ4n) is 1.38. The van der Waals surface area contributed by atoms with E-state index in [1.165, 1.54) is 7.11 Å². The van der Waals surface area contributed by atoms with Gasteiger partial charge in [0.15, 0.2) is 0 Å². The second kappa shape index (κ2) is 6.47. The minimum atomic E-state index is -0.668. The zero-order chi connectivity index (χ0) is 14.4. The molecule has 0 fully saturated rings. The predicted molar refractivity (Wildman–Crippen MR) is 67.0 cm³/mol. The van der Waals surface area contributed by atoms with Crippen LogP contribution in [0.5, 0.6) is 5.88 Å². The Morgan fingerprint density at radius 2 is 2.26 bits per heavy atom. The smallest absolute Gasteiger partial charge is 0.372 e. The molecule has 1 unspecified atom stereocenters. The molecule has 1 aromatic heterocycles. The van der Waals surface area contributed by atoms with Crippen molar-refractivity contribution in [3.8, 4) is 5.88 Å². The summed E-state index contributed by atoms with van der Waals surface area (Å²) in [5, 5.41) is 16.2. The molecule has 1 rings (SSSR count). The first-order valence-corrected chi connectivity index (χ1v) is 5.58. The third-order valence-corrected chi connectivity index (χ3v) is 2.26. The topological polar surface area (TPSA) is 119 Å². The number of rotatable bonds is 6. The largest absolute Gasteiger partial charge is 0.476 e. The van der Waals surface area contributed by atoms with Crippen molar-refractivity contribution >= 4 is 17.4 Å². The van der Waals surface area contributed by atoms with Gasteiger partial charge in [-0.3, -0.25) is 14.9 Å². The van der Waals surface area contributed by atoms with Gasteiger partial charge in [0.1, 0.15) is 12.4 Å². The number of ether oxygens (including phenoxy) is 1. The number of likely N-dealkylation sites (N-methyl/N-ethyl adjacent to an activating group) is 1. The van der Waals surface area contributed by atoms with Gasteiger partial charge in [-0.1, -0.05) is 0 Å². The van der Waals surface area contributed by atoms with Crippen molar-refractivity contribution in [1.82, 2.24) is 15.3 Å². The summed E-state index contributed by atoms with van der Waals surface area (Å²) in [7, 11) is 1.27. The summed E-state index contributed by atoms with van der Waals surface area (Å²) in [5.74, 6) is -0.504. The van der Waals surface area contributed by atoms with Crippen LogP contribution in [-0.2, 0) is 4.79 Å². The Morgan fingerprint density at radius 1 is 1.58 bits per heavy atom. The van der Waals surface area contributed by atoms with E-state index in [4.69, 9.17) is 4.74 Å². The zero-order valence-electron chi connectivity index (χ0n) is 10.8. The molecule has 0 saturated heterocycles. The fraction of sp³-hybridized carbons (Fsp3) is 0.500. The number of carbonyl (C=O) groups excluding carboxylic acids is 1. The first kappa shape index (κ1) is 14.6. The molecule has 0 aliphatic heterocycles. The van der Waals surface area contributed by atoms with Crippen LogP contribution < -0.4 is 15.4 Å². The van der Waals surface area contributed by atoms with Crippen LogP contribution in [0, 0.1) is 10.1 Å². The highest BCUT2D eigenvalue weighted by Gasteiger charge is 2.26. The van der Waals surface area contributed by atoms with Crippen LogP contribution in [-0.4, -0.2) is 40.5 Å². The van der Waals surface area contributed by atoms with Crippen molar-refractivity contribution in [2.45, 2.75) is 19.9 Å². The lowest BCUT2D eigenvalue weighted by atomic mass is 10.3. The van der Waals surface area contributed by atoms with E-state index < -0.39 is 16.7 Å². The van der Waals surface area contributed by atoms with Gasteiger partial charge in [0, 0.05) is 6.54 Å². The number of hydrogen-bond acceptors (Lipinski definition) is 7. The highest BCUT2D eigenvalue weighted by Crippen LogP contribution is 2.30. The Balaban J connectivity index is 3.01. The number of amides is 1. The van der Waals surface area contributed by atoms with E-state index in [9.17, 15) is 14.9 Å². The minimum absolute atomic E-state index is 0.0596. The van der Waals surface area contributed by atoms with Gasteiger partial charge in [-0.2, -0.15) is 4.98 Å². The van der Waals surface area contributed by atoms with E-state index in [0.717, 1.165) is 6.33 Å². The molecular weight excluding hydrogens is 254 g/mol. The number of hydrogen-bond donors (Lipinski definition) is 2. The summed E-state index contributed by atoms with van der Waals surface area (Å²) in [6.45, 7) is 3.82. The normalized spacial score (nSPS) is 11.5. The van der Waals surface area contributed by atoms with Gasteiger partial charge < -0.3 is 15.4 Å². The third-order valence-electron chi connectivity index (χ3n) is 2.26. The number of carbonyl (C=O) groups is 1. The molecule has 9 heteroatoms. The predicted octanol–water partition coefficient (Wildman–Crippen LogP) is 0.330. The van der Waals surface area contributed by atoms with E-state index in [1.54, 1.807) is 13.8 Å². The summed E-state index contributed by atoms with van der Waals surface area (Å²) in [6, 6.07) is -0.668. The average molecular weight is 269 g/mol. The first-order chi connectivity index (χ1) is 9.01. The van der Waals surface area contributed by atoms with Crippen molar-refractivity contribution in [3.63, 3.8) is 0 Å². The molecule has 104 valence electrons. The number of methoxy groups -OCH3 is 1. The molecule has 2 N–H and O–H groups in total. The van der Waals surface area contributed by atoms with Gasteiger partial charge in [-0.15, -0.1) is 0 Å². The highest BCUT2D eigenvalue weighted by molar-refractivity contribution is 5.84. The van der Waals surface area contributed by atoms with Crippen LogP contribution in [0.4, 0.5) is 11.5 Å². The van der Waals surface area contributed by atoms with E-state index in [2.05, 4.69) is 20.6 Å². The maximum Gasteiger partial charge on any atom is 0.372 e. The fourth-order valence-corrected chi connectivity index (χ4v) is 1.38. The molecule has 1 atom stereocenters. The lowest BCUT2D eigenvalue weighted by Gasteiger charge is -2.14. The van der Waals surface area contributed by atoms with Gasteiger partial charge >= 0.3 is 5.69 Å². The van der Waals surface area contributed by atoms with Crippen LogP contribution in [0.3, 0.4) is 0 Å². The van der Waals surface area contributed by atoms with Crippen LogP contribution in [0.15, 0.2) is 6.33 Å². The molecule has 0 aromatic carbocycles. The van der Waals surface area contributed by atoms with Gasteiger partial charge in [0.2, 0.25) is 11.7 Å². The number of aromatic nitrogens is 2. The number of nitrogens with one attached hydrogen (secondary N) is 2. The molecule has 0 aliphatic rings. The number of nitrogens with zero attached hydrogens (tertiary/aromatic N) is 3. The minimum Gasteiger partial charge on any atom is -0.476 e. The number of anilines is 1. The Bertz CT molecular complexity index is 479. The average Bonchev–Trinajstić information content (AvgIpc) is 2.38. The molecule has 0 bridgehead atoms. The summed E-state index contributed by atoms with van der Waals surface area (Å²) in [4.78, 5) is 29.3. The quantitative estimate of drug-likeness (QED) is 0.564. The maximum absolute atomic E-state index is 11.6. The van der Waals surface area contributed by atoms with Crippen LogP contribution in [0.1, 0.15) is 13.8 Å². The second-order valence-corrected chi connectivity index (χ2v) is 3.60. The van der Waals surface area contributed by atoms with Crippen molar-refractivity contribution in [2.75, 3.05) is 19.0 Å². The van der Waals surface area contributed by atoms with Crippen LogP contribution in [0.25, 0.3) is 0 Å². The Hall–Kier alpha value is -2.45. The van der Waals surface area contributed by atoms with E-state index in [1.807, 2.05) is 0 Å². The van der Waals surface area contributed by atoms with Crippen LogP contribution >= 0.6 is 0 Å². The molecule has 19 heavy (non-hydrogen) atoms. The van der Waals surface area contributed by atoms with E-state index in [0.29, 0.717) is 6.54 Å². The Labute approximate surface area is 109 Å². The second-order valence-electron chi connectivity index (χ2n) is 3.60. The molecule has 0 radical (unpaired) electrons. The third kappa shape index (κ3) is 3.50. The summed E-state index contributed by atoms with van der Waals surface area (Å²) >= 11 is 0. The highest BCUT2D eigenvalue weighted by atomic mass is 16.6. The summed E-state index contributed by atoms with van der Waals surface area (Å²) in [6.07, 6.45) is 1.12. The molecule has 1 heterocycles. The van der Waals surface area contributed by atoms with Gasteiger partial charge in [-0.25, -0.2) is 4.98 Å². The Morgan fingerprint density at radius 3 is 2.79 bits per heavy atom. The first-order valence-electron chi connectivity index (χ1n) is 5.58. The SMILES string of the molecule is CCNC(=O)C(C)Nc1ncnc(OC)c1[N+](=O)[O-]. The monoisotopic (exact) mass is 269 g/mol. The maximum atomic E-state index is 11.6. The Kier molecular flexibility index (Phi) is 4.98. The lowest BCUT2D eigenvalue weighted by Crippen LogP contribution is -2.37. The van der Waals surface area contributed by atoms with Gasteiger partial charge in [0.05, 0.1) is 12.0 Å². The standard InChI is InChI=1S/C10H15N5O4/c1-4-11-9(16)6(2)14-8-7(15(17)18)10(19-3)13-5-12-8/h5-6H,4H2,1-3H3,(H,11,16)(H,12,13,14). The summed E-state index contributed by atoms with van der Waals surface area (Å²) in [5.41, 5.74) is -0.402. The van der Waals surface area contributed by atoms with Crippen molar-refractivity contribution in [1.29, 1.82) is 0 Å². The van der Waals surface area contributed by atoms with Crippen molar-refractivity contribution in [2.24, 2.45) is 0 Å². The van der Waals surface area contributed by atoms with Gasteiger partial charge in [-0.05, 0) is 13.8 Å². The van der Waals surface area contributed by atoms with Crippen molar-refractivity contribution < 1.29 is 14.5 Å². The molecular formula is C10H15N5O4. The molecule has 0 aliphatic carbocycles. The van der Waals surface area contributed by atoms with Crippen LogP contribution in [0.2, 0.25) is 0 Å². The molecule has 1 amide bonds. The molecule has 0 spiro atoms. The molecule has 1 aromatic rings. The zero-order valence-corrected chi connectivity index (χ0v) is 10.8. The molecule has 0 saturated carbocycles. The van der Waals surface area contributed by atoms with E-state index >= 15 is 0 Å². The van der Waals surface area contributed by atoms with Gasteiger partial charge in [0.25, 0.3) is 5.88 Å². The summed E-state index contributed by atoms with van der Waals surface area (Å²) < 4.78 is 4.80. The number of nitro groups is 1.